The number of hydrogen-bond donors (Lipinski definition) is 0. The van der Waals surface area contributed by atoms with Crippen molar-refractivity contribution in [2.24, 2.45) is 0 Å². The van der Waals surface area contributed by atoms with E-state index in [0.29, 0.717) is 11.7 Å². The Morgan fingerprint density at radius 2 is 0.944 bits per heavy atom. The summed E-state index contributed by atoms with van der Waals surface area (Å²) in [5.74, 6) is 0. The molecule has 0 saturated heterocycles. The summed E-state index contributed by atoms with van der Waals surface area (Å²) < 4.78 is 0. The van der Waals surface area contributed by atoms with Crippen LogP contribution in [0.25, 0.3) is 0 Å². The number of halogens is 1. The fraction of sp³-hybridized carbons (Fsp3) is 0.143. The maximum atomic E-state index is 11.7. The first-order valence-corrected chi connectivity index (χ1v) is 13.2. The smallest absolute Gasteiger partial charge is 0.276 e. The molecule has 0 aliphatic rings. The van der Waals surface area contributed by atoms with E-state index in [1.165, 1.54) is 12.1 Å². The van der Waals surface area contributed by atoms with Crippen LogP contribution in [0.2, 0.25) is 0 Å². The number of non-ortho nitro benzene ring substituents is 2. The van der Waals surface area contributed by atoms with Gasteiger partial charge in [-0.1, -0.05) is 54.6 Å². The Morgan fingerprint density at radius 3 is 1.25 bits per heavy atom. The lowest BCUT2D eigenvalue weighted by atomic mass is 10.2. The first kappa shape index (κ1) is 27.4. The normalized spacial score (nSPS) is 11.0. The van der Waals surface area contributed by atoms with Gasteiger partial charge in [0.2, 0.25) is 0 Å². The summed E-state index contributed by atoms with van der Waals surface area (Å²) in [5, 5.41) is 26.8. The van der Waals surface area contributed by atoms with Gasteiger partial charge in [-0.25, -0.2) is 0 Å². The molecule has 0 atom stereocenters. The van der Waals surface area contributed by atoms with E-state index in [0.717, 1.165) is 38.7 Å². The van der Waals surface area contributed by atoms with Crippen LogP contribution in [0.1, 0.15) is 22.3 Å². The van der Waals surface area contributed by atoms with E-state index in [1.807, 2.05) is 36.4 Å². The minimum absolute atomic E-state index is 0. The van der Waals surface area contributed by atoms with E-state index in [1.54, 1.807) is 0 Å². The van der Waals surface area contributed by atoms with Gasteiger partial charge in [0.1, 0.15) is 23.2 Å². The van der Waals surface area contributed by atoms with E-state index in [9.17, 15) is 20.2 Å². The van der Waals surface area contributed by atoms with E-state index in [4.69, 9.17) is 0 Å². The zero-order valence-corrected chi connectivity index (χ0v) is 23.3. The van der Waals surface area contributed by atoms with Crippen molar-refractivity contribution in [3.05, 3.63) is 133 Å². The van der Waals surface area contributed by atoms with Gasteiger partial charge < -0.3 is 24.0 Å². The Kier molecular flexibility index (Phi) is 8.59. The average molecular weight is 612 g/mol. The second-order valence-electron chi connectivity index (χ2n) is 8.70. The van der Waals surface area contributed by atoms with Crippen molar-refractivity contribution in [1.82, 2.24) is 0 Å². The molecule has 184 valence electrons. The van der Waals surface area contributed by atoms with Gasteiger partial charge in [-0.05, 0) is 55.7 Å². The standard InChI is InChI=1S/C28H26N2O4P.HI/c1-20-10-4-7-13-26(20)35(27-14-8-5-11-21(27)2,28-15-9-6-12-22(28)3)19-23-16-24(29(31)32)18-25(17-23)30(33)34;/h4-18H,19H2,1-3H3;1H/q+1;/p-1. The van der Waals surface area contributed by atoms with Crippen LogP contribution in [-0.2, 0) is 6.16 Å². The number of hydrogen-bond acceptors (Lipinski definition) is 4. The van der Waals surface area contributed by atoms with Crippen molar-refractivity contribution >= 4 is 34.6 Å². The predicted molar refractivity (Wildman–Crippen MR) is 143 cm³/mol. The maximum absolute atomic E-state index is 11.7. The third kappa shape index (κ3) is 5.18. The first-order chi connectivity index (χ1) is 16.7. The number of benzene rings is 4. The summed E-state index contributed by atoms with van der Waals surface area (Å²) in [6.07, 6.45) is 0.427. The molecule has 0 N–H and O–H groups in total. The minimum atomic E-state index is -2.43. The van der Waals surface area contributed by atoms with E-state index in [2.05, 4.69) is 57.2 Å². The lowest BCUT2D eigenvalue weighted by Gasteiger charge is -2.31. The molecule has 0 radical (unpaired) electrons. The second-order valence-corrected chi connectivity index (χ2v) is 12.1. The summed E-state index contributed by atoms with van der Waals surface area (Å²) in [6.45, 7) is 6.24. The Labute approximate surface area is 228 Å². The molecule has 8 heteroatoms. The molecular weight excluding hydrogens is 586 g/mol. The van der Waals surface area contributed by atoms with Crippen LogP contribution in [0, 0.1) is 41.0 Å². The molecule has 0 aliphatic carbocycles. The van der Waals surface area contributed by atoms with Gasteiger partial charge in [0.15, 0.2) is 0 Å². The summed E-state index contributed by atoms with van der Waals surface area (Å²) in [6, 6.07) is 28.7. The lowest BCUT2D eigenvalue weighted by molar-refractivity contribution is -0.394. The summed E-state index contributed by atoms with van der Waals surface area (Å²) in [4.78, 5) is 22.2. The second kappa shape index (κ2) is 11.3. The third-order valence-electron chi connectivity index (χ3n) is 6.38. The van der Waals surface area contributed by atoms with Crippen molar-refractivity contribution in [1.29, 1.82) is 0 Å². The number of aryl methyl sites for hydroxylation is 3. The number of rotatable bonds is 7. The molecule has 0 amide bonds. The Morgan fingerprint density at radius 1 is 0.611 bits per heavy atom. The largest absolute Gasteiger partial charge is 1.00 e. The quantitative estimate of drug-likeness (QED) is 0.139. The van der Waals surface area contributed by atoms with E-state index >= 15 is 0 Å². The molecule has 0 aromatic heterocycles. The Bertz CT molecular complexity index is 1300. The SMILES string of the molecule is Cc1ccccc1[P+](Cc1cc([N+](=O)[O-])cc([N+](=O)[O-])c1)(c1ccccc1C)c1ccccc1C.[I-]. The lowest BCUT2D eigenvalue weighted by Crippen LogP contribution is -3.00. The molecule has 0 bridgehead atoms. The topological polar surface area (TPSA) is 86.3 Å². The summed E-state index contributed by atoms with van der Waals surface area (Å²) in [5.41, 5.74) is 3.39. The number of nitro groups is 2. The van der Waals surface area contributed by atoms with Crippen LogP contribution in [0.15, 0.2) is 91.0 Å². The van der Waals surface area contributed by atoms with Crippen molar-refractivity contribution in [2.45, 2.75) is 26.9 Å². The molecule has 0 heterocycles. The molecule has 6 nitrogen and oxygen atoms in total. The highest BCUT2D eigenvalue weighted by atomic mass is 127. The number of nitro benzene ring substituents is 2. The predicted octanol–water partition coefficient (Wildman–Crippen LogP) is 2.93. The van der Waals surface area contributed by atoms with Crippen LogP contribution in [0.3, 0.4) is 0 Å². The minimum Gasteiger partial charge on any atom is -1.00 e. The van der Waals surface area contributed by atoms with Crippen LogP contribution < -0.4 is 39.9 Å². The van der Waals surface area contributed by atoms with E-state index in [-0.39, 0.29) is 35.4 Å². The van der Waals surface area contributed by atoms with Gasteiger partial charge in [0.25, 0.3) is 11.4 Å². The van der Waals surface area contributed by atoms with Crippen LogP contribution in [0.4, 0.5) is 11.4 Å². The molecule has 0 aliphatic heterocycles. The summed E-state index contributed by atoms with van der Waals surface area (Å²) in [7, 11) is -2.43. The monoisotopic (exact) mass is 612 g/mol. The van der Waals surface area contributed by atoms with Crippen molar-refractivity contribution in [3.8, 4) is 0 Å². The van der Waals surface area contributed by atoms with Gasteiger partial charge in [0.05, 0.1) is 22.1 Å². The van der Waals surface area contributed by atoms with Gasteiger partial charge in [-0.3, -0.25) is 20.2 Å². The highest BCUT2D eigenvalue weighted by Gasteiger charge is 2.48. The van der Waals surface area contributed by atoms with Crippen molar-refractivity contribution < 1.29 is 33.8 Å². The highest BCUT2D eigenvalue weighted by Crippen LogP contribution is 2.60. The van der Waals surface area contributed by atoms with E-state index < -0.39 is 17.1 Å². The molecule has 0 spiro atoms. The number of nitrogens with zero attached hydrogens (tertiary/aromatic N) is 2. The third-order valence-corrected chi connectivity index (χ3v) is 11.2. The molecule has 36 heavy (non-hydrogen) atoms. The Balaban J connectivity index is 0.00000361. The van der Waals surface area contributed by atoms with Crippen LogP contribution >= 0.6 is 7.26 Å². The fourth-order valence-electron chi connectivity index (χ4n) is 4.85. The molecule has 0 unspecified atom stereocenters. The molecule has 0 fully saturated rings. The molecular formula is C28H26IN2O4P. The van der Waals surface area contributed by atoms with Crippen LogP contribution in [0.5, 0.6) is 0 Å². The van der Waals surface area contributed by atoms with Gasteiger partial charge in [-0.15, -0.1) is 0 Å². The molecule has 4 rings (SSSR count). The van der Waals surface area contributed by atoms with Crippen LogP contribution in [-0.4, -0.2) is 9.85 Å². The van der Waals surface area contributed by atoms with Gasteiger partial charge in [-0.2, -0.15) is 0 Å². The molecule has 4 aromatic rings. The van der Waals surface area contributed by atoms with Gasteiger partial charge in [0, 0.05) is 17.7 Å². The maximum Gasteiger partial charge on any atom is 0.276 e. The fourth-order valence-corrected chi connectivity index (χ4v) is 9.92. The summed E-state index contributed by atoms with van der Waals surface area (Å²) >= 11 is 0. The molecule has 0 saturated carbocycles. The molecule has 4 aromatic carbocycles. The highest BCUT2D eigenvalue weighted by molar-refractivity contribution is 7.95. The first-order valence-electron chi connectivity index (χ1n) is 11.2. The average Bonchev–Trinajstić information content (AvgIpc) is 2.83. The van der Waals surface area contributed by atoms with Crippen molar-refractivity contribution in [3.63, 3.8) is 0 Å². The van der Waals surface area contributed by atoms with Gasteiger partial charge >= 0.3 is 0 Å². The van der Waals surface area contributed by atoms with Crippen molar-refractivity contribution in [2.75, 3.05) is 0 Å². The zero-order valence-electron chi connectivity index (χ0n) is 20.2. The Hall–Kier alpha value is -3.16. The zero-order chi connectivity index (χ0) is 25.2.